The number of halogens is 2. The van der Waals surface area contributed by atoms with Crippen molar-refractivity contribution in [2.24, 2.45) is 5.11 Å². The van der Waals surface area contributed by atoms with E-state index in [-0.39, 0.29) is 0 Å². The minimum atomic E-state index is -2.99. The zero-order valence-corrected chi connectivity index (χ0v) is 7.28. The van der Waals surface area contributed by atoms with E-state index in [1.807, 2.05) is 0 Å². The van der Waals surface area contributed by atoms with E-state index >= 15 is 0 Å². The Morgan fingerprint density at radius 3 is 2.85 bits per heavy atom. The molecule has 0 N–H and O–H groups in total. The third-order valence-corrected chi connectivity index (χ3v) is 1.14. The Labute approximate surface area is 74.8 Å². The van der Waals surface area contributed by atoms with Gasteiger partial charge in [-0.25, -0.2) is 8.78 Å². The van der Waals surface area contributed by atoms with Crippen LogP contribution in [0.3, 0.4) is 0 Å². The second-order valence-electron chi connectivity index (χ2n) is 2.28. The van der Waals surface area contributed by atoms with Crippen LogP contribution >= 0.6 is 0 Å². The summed E-state index contributed by atoms with van der Waals surface area (Å²) in [6.07, 6.45) is 1.94. The minimum absolute atomic E-state index is 0.443. The lowest BCUT2D eigenvalue weighted by Gasteiger charge is -2.09. The highest BCUT2D eigenvalue weighted by molar-refractivity contribution is 4.83. The van der Waals surface area contributed by atoms with Gasteiger partial charge in [-0.05, 0) is 18.5 Å². The Kier molecular flexibility index (Phi) is 5.63. The maximum Gasteiger partial charge on any atom is 0.257 e. The Balaban J connectivity index is 3.80. The SMILES string of the molecule is CCOC=CCC(F)(F)CN=[N+]=[N-]. The third-order valence-electron chi connectivity index (χ3n) is 1.14. The summed E-state index contributed by atoms with van der Waals surface area (Å²) in [4.78, 5) is 2.25. The van der Waals surface area contributed by atoms with Crippen LogP contribution in [0.25, 0.3) is 10.4 Å². The zero-order chi connectivity index (χ0) is 10.2. The molecular formula is C7H11F2N3O. The van der Waals surface area contributed by atoms with Gasteiger partial charge in [0.1, 0.15) is 0 Å². The number of azide groups is 1. The topological polar surface area (TPSA) is 58.0 Å². The quantitative estimate of drug-likeness (QED) is 0.275. The van der Waals surface area contributed by atoms with Gasteiger partial charge in [0, 0.05) is 11.3 Å². The molecule has 0 aliphatic heterocycles. The molecule has 0 rings (SSSR count). The highest BCUT2D eigenvalue weighted by Crippen LogP contribution is 2.19. The van der Waals surface area contributed by atoms with Crippen LogP contribution < -0.4 is 0 Å². The van der Waals surface area contributed by atoms with Crippen LogP contribution in [0.15, 0.2) is 17.5 Å². The molecular weight excluding hydrogens is 180 g/mol. The van der Waals surface area contributed by atoms with Crippen molar-refractivity contribution in [1.82, 2.24) is 0 Å². The summed E-state index contributed by atoms with van der Waals surface area (Å²) < 4.78 is 30.0. The first-order valence-electron chi connectivity index (χ1n) is 3.77. The lowest BCUT2D eigenvalue weighted by molar-refractivity contribution is 0.0138. The summed E-state index contributed by atoms with van der Waals surface area (Å²) in [6, 6.07) is 0. The summed E-state index contributed by atoms with van der Waals surface area (Å²) in [7, 11) is 0. The molecule has 0 fully saturated rings. The first kappa shape index (κ1) is 11.7. The van der Waals surface area contributed by atoms with Gasteiger partial charge in [-0.3, -0.25) is 0 Å². The molecule has 4 nitrogen and oxygen atoms in total. The maximum absolute atomic E-state index is 12.7. The monoisotopic (exact) mass is 191 g/mol. The van der Waals surface area contributed by atoms with Crippen molar-refractivity contribution in [3.8, 4) is 0 Å². The summed E-state index contributed by atoms with van der Waals surface area (Å²) in [5, 5.41) is 2.80. The highest BCUT2D eigenvalue weighted by Gasteiger charge is 2.25. The number of nitrogens with zero attached hydrogens (tertiary/aromatic N) is 3. The first-order chi connectivity index (χ1) is 6.12. The predicted molar refractivity (Wildman–Crippen MR) is 44.3 cm³/mol. The second-order valence-corrected chi connectivity index (χ2v) is 2.28. The van der Waals surface area contributed by atoms with E-state index in [4.69, 9.17) is 10.3 Å². The van der Waals surface area contributed by atoms with Gasteiger partial charge in [-0.15, -0.1) is 0 Å². The number of hydrogen-bond donors (Lipinski definition) is 0. The molecule has 0 amide bonds. The molecule has 13 heavy (non-hydrogen) atoms. The van der Waals surface area contributed by atoms with Crippen LogP contribution in [-0.2, 0) is 4.74 Å². The average molecular weight is 191 g/mol. The molecule has 0 aromatic rings. The molecule has 0 saturated heterocycles. The van der Waals surface area contributed by atoms with E-state index in [1.165, 1.54) is 12.3 Å². The lowest BCUT2D eigenvalue weighted by Crippen LogP contribution is -2.18. The van der Waals surface area contributed by atoms with Gasteiger partial charge in [0.25, 0.3) is 5.92 Å². The molecule has 0 aliphatic rings. The van der Waals surface area contributed by atoms with Crippen LogP contribution in [0.1, 0.15) is 13.3 Å². The fourth-order valence-electron chi connectivity index (χ4n) is 0.584. The normalized spacial score (nSPS) is 11.3. The molecule has 0 saturated carbocycles. The van der Waals surface area contributed by atoms with E-state index in [0.29, 0.717) is 6.61 Å². The van der Waals surface area contributed by atoms with Gasteiger partial charge < -0.3 is 4.74 Å². The van der Waals surface area contributed by atoms with Gasteiger partial charge in [0.05, 0.1) is 19.4 Å². The number of allylic oxidation sites excluding steroid dienone is 1. The smallest absolute Gasteiger partial charge is 0.257 e. The molecule has 0 bridgehead atoms. The zero-order valence-electron chi connectivity index (χ0n) is 7.28. The van der Waals surface area contributed by atoms with E-state index in [9.17, 15) is 8.78 Å². The number of alkyl halides is 2. The molecule has 0 heterocycles. The van der Waals surface area contributed by atoms with Gasteiger partial charge in [0.15, 0.2) is 0 Å². The molecule has 0 aromatic heterocycles. The largest absolute Gasteiger partial charge is 0.502 e. The fraction of sp³-hybridized carbons (Fsp3) is 0.714. The average Bonchev–Trinajstić information content (AvgIpc) is 2.09. The van der Waals surface area contributed by atoms with Gasteiger partial charge in [-0.1, -0.05) is 5.11 Å². The number of hydrogen-bond acceptors (Lipinski definition) is 2. The van der Waals surface area contributed by atoms with Crippen LogP contribution in [0.4, 0.5) is 8.78 Å². The van der Waals surface area contributed by atoms with Crippen molar-refractivity contribution < 1.29 is 13.5 Å². The Morgan fingerprint density at radius 1 is 1.62 bits per heavy atom. The summed E-state index contributed by atoms with van der Waals surface area (Å²) >= 11 is 0. The third kappa shape index (κ3) is 7.08. The molecule has 0 radical (unpaired) electrons. The highest BCUT2D eigenvalue weighted by atomic mass is 19.3. The van der Waals surface area contributed by atoms with Gasteiger partial charge in [0.2, 0.25) is 0 Å². The van der Waals surface area contributed by atoms with E-state index in [2.05, 4.69) is 10.0 Å². The molecule has 0 atom stereocenters. The van der Waals surface area contributed by atoms with Crippen molar-refractivity contribution in [2.75, 3.05) is 13.2 Å². The number of rotatable bonds is 6. The second kappa shape index (κ2) is 6.25. The first-order valence-corrected chi connectivity index (χ1v) is 3.77. The molecule has 0 aliphatic carbocycles. The van der Waals surface area contributed by atoms with Crippen molar-refractivity contribution in [1.29, 1.82) is 0 Å². The Bertz CT molecular complexity index is 212. The predicted octanol–water partition coefficient (Wildman–Crippen LogP) is 2.87. The number of ether oxygens (including phenoxy) is 1. The standard InChI is InChI=1S/C7H11F2N3O/c1-2-13-5-3-4-7(8,9)6-11-12-10/h3,5H,2,4,6H2,1H3. The molecule has 0 aromatic carbocycles. The summed E-state index contributed by atoms with van der Waals surface area (Å²) in [5.41, 5.74) is 7.82. The van der Waals surface area contributed by atoms with Crippen LogP contribution in [0, 0.1) is 0 Å². The molecule has 0 unspecified atom stereocenters. The van der Waals surface area contributed by atoms with Crippen LogP contribution in [0.2, 0.25) is 0 Å². The summed E-state index contributed by atoms with van der Waals surface area (Å²) in [6.45, 7) is 1.38. The lowest BCUT2D eigenvalue weighted by atomic mass is 10.2. The van der Waals surface area contributed by atoms with E-state index in [1.54, 1.807) is 6.92 Å². The van der Waals surface area contributed by atoms with Crippen molar-refractivity contribution in [3.05, 3.63) is 22.8 Å². The van der Waals surface area contributed by atoms with Crippen molar-refractivity contribution in [3.63, 3.8) is 0 Å². The molecule has 74 valence electrons. The van der Waals surface area contributed by atoms with Crippen molar-refractivity contribution in [2.45, 2.75) is 19.3 Å². The Hall–Kier alpha value is -1.29. The van der Waals surface area contributed by atoms with Crippen LogP contribution in [0.5, 0.6) is 0 Å². The van der Waals surface area contributed by atoms with E-state index in [0.717, 1.165) is 0 Å². The fourth-order valence-corrected chi connectivity index (χ4v) is 0.584. The van der Waals surface area contributed by atoms with Gasteiger partial charge in [-0.2, -0.15) is 0 Å². The molecule has 6 heteroatoms. The summed E-state index contributed by atoms with van der Waals surface area (Å²) in [5.74, 6) is -2.99. The van der Waals surface area contributed by atoms with Gasteiger partial charge >= 0.3 is 0 Å². The molecule has 0 spiro atoms. The van der Waals surface area contributed by atoms with Crippen molar-refractivity contribution >= 4 is 0 Å². The van der Waals surface area contributed by atoms with Crippen LogP contribution in [-0.4, -0.2) is 19.1 Å². The maximum atomic E-state index is 12.7. The van der Waals surface area contributed by atoms with E-state index < -0.39 is 18.9 Å². The Morgan fingerprint density at radius 2 is 2.31 bits per heavy atom. The minimum Gasteiger partial charge on any atom is -0.502 e.